The van der Waals surface area contributed by atoms with Crippen molar-refractivity contribution in [3.05, 3.63) is 92.4 Å². The topological polar surface area (TPSA) is 86.8 Å². The van der Waals surface area contributed by atoms with Gasteiger partial charge in [-0.1, -0.05) is 77.6 Å². The van der Waals surface area contributed by atoms with Crippen molar-refractivity contribution in [2.75, 3.05) is 10.8 Å². The second-order valence-electron chi connectivity index (χ2n) is 9.23. The molecule has 12 heteroatoms. The highest BCUT2D eigenvalue weighted by atomic mass is 35.5. The van der Waals surface area contributed by atoms with Gasteiger partial charge in [0.15, 0.2) is 0 Å². The monoisotopic (exact) mass is 643 g/mol. The quantitative estimate of drug-likeness (QED) is 0.248. The van der Waals surface area contributed by atoms with Gasteiger partial charge in [0.2, 0.25) is 11.8 Å². The molecule has 3 aromatic rings. The standard InChI is InChI=1S/C28H29Cl4N3O4S/c1-4-25(28(37)33-18(2)3)34(16-21-22(30)11-8-12-23(21)31)27(36)17-35(26-15-19(29)13-14-24(26)32)40(38,39)20-9-6-5-7-10-20/h5-15,18,25H,4,16-17H2,1-3H3,(H,33,37)/t25-/m1/s1. The number of carbonyl (C=O) groups is 2. The van der Waals surface area contributed by atoms with Crippen molar-refractivity contribution in [3.8, 4) is 0 Å². The van der Waals surface area contributed by atoms with Crippen molar-refractivity contribution in [1.29, 1.82) is 0 Å². The van der Waals surface area contributed by atoms with Gasteiger partial charge < -0.3 is 10.2 Å². The van der Waals surface area contributed by atoms with Gasteiger partial charge in [-0.3, -0.25) is 13.9 Å². The van der Waals surface area contributed by atoms with Crippen LogP contribution in [0.15, 0.2) is 71.6 Å². The number of carbonyl (C=O) groups excluding carboxylic acids is 2. The normalized spacial score (nSPS) is 12.2. The van der Waals surface area contributed by atoms with Crippen LogP contribution in [0.3, 0.4) is 0 Å². The second kappa shape index (κ2) is 13.9. The average molecular weight is 645 g/mol. The van der Waals surface area contributed by atoms with Crippen LogP contribution in [0.1, 0.15) is 32.8 Å². The Morgan fingerprint density at radius 1 is 0.875 bits per heavy atom. The van der Waals surface area contributed by atoms with Crippen LogP contribution in [0.25, 0.3) is 0 Å². The van der Waals surface area contributed by atoms with Crippen molar-refractivity contribution in [1.82, 2.24) is 10.2 Å². The van der Waals surface area contributed by atoms with Gasteiger partial charge in [0.1, 0.15) is 12.6 Å². The molecule has 0 aliphatic rings. The van der Waals surface area contributed by atoms with E-state index in [9.17, 15) is 18.0 Å². The Labute approximate surface area is 255 Å². The third-order valence-corrected chi connectivity index (χ3v) is 9.03. The lowest BCUT2D eigenvalue weighted by Gasteiger charge is -2.34. The molecule has 0 saturated heterocycles. The Morgan fingerprint density at radius 3 is 2.08 bits per heavy atom. The second-order valence-corrected chi connectivity index (χ2v) is 12.8. The number of benzene rings is 3. The van der Waals surface area contributed by atoms with Crippen LogP contribution in [-0.4, -0.2) is 43.8 Å². The molecule has 0 aromatic heterocycles. The zero-order chi connectivity index (χ0) is 29.6. The van der Waals surface area contributed by atoms with Crippen LogP contribution in [0, 0.1) is 0 Å². The number of halogens is 4. The third kappa shape index (κ3) is 7.62. The zero-order valence-electron chi connectivity index (χ0n) is 22.1. The van der Waals surface area contributed by atoms with Gasteiger partial charge in [-0.05, 0) is 62.7 Å². The summed E-state index contributed by atoms with van der Waals surface area (Å²) in [4.78, 5) is 28.6. The number of anilines is 1. The first kappa shape index (κ1) is 32.0. The van der Waals surface area contributed by atoms with E-state index in [1.54, 1.807) is 57.2 Å². The molecule has 0 fully saturated rings. The Balaban J connectivity index is 2.14. The van der Waals surface area contributed by atoms with Crippen LogP contribution in [-0.2, 0) is 26.2 Å². The van der Waals surface area contributed by atoms with E-state index in [2.05, 4.69) is 5.32 Å². The summed E-state index contributed by atoms with van der Waals surface area (Å²) >= 11 is 25.5. The van der Waals surface area contributed by atoms with Crippen molar-refractivity contribution in [2.24, 2.45) is 0 Å². The number of sulfonamides is 1. The number of rotatable bonds is 11. The Morgan fingerprint density at radius 2 is 1.50 bits per heavy atom. The minimum Gasteiger partial charge on any atom is -0.352 e. The molecular formula is C28H29Cl4N3O4S. The largest absolute Gasteiger partial charge is 0.352 e. The van der Waals surface area contributed by atoms with E-state index in [0.29, 0.717) is 15.6 Å². The fourth-order valence-corrected chi connectivity index (χ4v) is 6.46. The summed E-state index contributed by atoms with van der Waals surface area (Å²) in [5.41, 5.74) is 0.440. The van der Waals surface area contributed by atoms with E-state index < -0.39 is 34.4 Å². The molecule has 1 atom stereocenters. The highest BCUT2D eigenvalue weighted by Crippen LogP contribution is 2.34. The minimum absolute atomic E-state index is 0.0155. The SMILES string of the molecule is CC[C@H](C(=O)NC(C)C)N(Cc1c(Cl)cccc1Cl)C(=O)CN(c1cc(Cl)ccc1Cl)S(=O)(=O)c1ccccc1. The first-order chi connectivity index (χ1) is 18.9. The van der Waals surface area contributed by atoms with Gasteiger partial charge in [0.05, 0.1) is 15.6 Å². The van der Waals surface area contributed by atoms with Gasteiger partial charge >= 0.3 is 0 Å². The molecule has 0 saturated carbocycles. The summed E-state index contributed by atoms with van der Waals surface area (Å²) in [6, 6.07) is 15.8. The van der Waals surface area contributed by atoms with Crippen LogP contribution in [0.5, 0.6) is 0 Å². The molecule has 3 rings (SSSR count). The molecular weight excluding hydrogens is 616 g/mol. The molecule has 0 heterocycles. The predicted octanol–water partition coefficient (Wildman–Crippen LogP) is 6.83. The van der Waals surface area contributed by atoms with E-state index in [1.807, 2.05) is 0 Å². The number of hydrogen-bond donors (Lipinski definition) is 1. The molecule has 0 spiro atoms. The van der Waals surface area contributed by atoms with Crippen LogP contribution in [0.4, 0.5) is 5.69 Å². The molecule has 0 aliphatic carbocycles. The Kier molecular flexibility index (Phi) is 11.1. The number of nitrogens with zero attached hydrogens (tertiary/aromatic N) is 2. The molecule has 1 N–H and O–H groups in total. The smallest absolute Gasteiger partial charge is 0.264 e. The maximum atomic E-state index is 14.1. The molecule has 7 nitrogen and oxygen atoms in total. The molecule has 0 radical (unpaired) electrons. The molecule has 40 heavy (non-hydrogen) atoms. The summed E-state index contributed by atoms with van der Waals surface area (Å²) in [7, 11) is -4.29. The lowest BCUT2D eigenvalue weighted by molar-refractivity contribution is -0.140. The van der Waals surface area contributed by atoms with E-state index in [1.165, 1.54) is 35.2 Å². The third-order valence-electron chi connectivity index (χ3n) is 5.99. The van der Waals surface area contributed by atoms with Gasteiger partial charge in [-0.25, -0.2) is 8.42 Å². The zero-order valence-corrected chi connectivity index (χ0v) is 25.9. The van der Waals surface area contributed by atoms with Crippen LogP contribution >= 0.6 is 46.4 Å². The molecule has 2 amide bonds. The fraction of sp³-hybridized carbons (Fsp3) is 0.286. The van der Waals surface area contributed by atoms with Crippen molar-refractivity contribution in [3.63, 3.8) is 0 Å². The Bertz CT molecular complexity index is 1450. The summed E-state index contributed by atoms with van der Waals surface area (Å²) in [5, 5.41) is 3.73. The van der Waals surface area contributed by atoms with Gasteiger partial charge in [-0.15, -0.1) is 0 Å². The molecule has 214 valence electrons. The fourth-order valence-electron chi connectivity index (χ4n) is 4.06. The molecule has 0 unspecified atom stereocenters. The van der Waals surface area contributed by atoms with Gasteiger partial charge in [-0.2, -0.15) is 0 Å². The minimum atomic E-state index is -4.29. The predicted molar refractivity (Wildman–Crippen MR) is 162 cm³/mol. The van der Waals surface area contributed by atoms with Gasteiger partial charge in [0.25, 0.3) is 10.0 Å². The maximum absolute atomic E-state index is 14.1. The van der Waals surface area contributed by atoms with Crippen molar-refractivity contribution in [2.45, 2.75) is 50.7 Å². The lowest BCUT2D eigenvalue weighted by Crippen LogP contribution is -2.53. The van der Waals surface area contributed by atoms with E-state index in [-0.39, 0.29) is 39.6 Å². The number of amides is 2. The molecule has 0 aliphatic heterocycles. The van der Waals surface area contributed by atoms with Crippen LogP contribution in [0.2, 0.25) is 20.1 Å². The number of nitrogens with one attached hydrogen (secondary N) is 1. The van der Waals surface area contributed by atoms with E-state index in [4.69, 9.17) is 46.4 Å². The average Bonchev–Trinajstić information content (AvgIpc) is 2.90. The van der Waals surface area contributed by atoms with Crippen LogP contribution < -0.4 is 9.62 Å². The number of hydrogen-bond acceptors (Lipinski definition) is 4. The van der Waals surface area contributed by atoms with Crippen molar-refractivity contribution < 1.29 is 18.0 Å². The summed E-state index contributed by atoms with van der Waals surface area (Å²) in [6.45, 7) is 4.55. The summed E-state index contributed by atoms with van der Waals surface area (Å²) in [6.07, 6.45) is 0.246. The molecule has 3 aromatic carbocycles. The Hall–Kier alpha value is -2.49. The first-order valence-electron chi connectivity index (χ1n) is 12.4. The van der Waals surface area contributed by atoms with Crippen molar-refractivity contribution >= 4 is 73.9 Å². The summed E-state index contributed by atoms with van der Waals surface area (Å²) in [5.74, 6) is -1.07. The highest BCUT2D eigenvalue weighted by molar-refractivity contribution is 7.92. The first-order valence-corrected chi connectivity index (χ1v) is 15.4. The molecule has 0 bridgehead atoms. The van der Waals surface area contributed by atoms with E-state index in [0.717, 1.165) is 4.31 Å². The lowest BCUT2D eigenvalue weighted by atomic mass is 10.1. The maximum Gasteiger partial charge on any atom is 0.264 e. The van der Waals surface area contributed by atoms with E-state index >= 15 is 0 Å². The van der Waals surface area contributed by atoms with Gasteiger partial charge in [0, 0.05) is 33.2 Å². The highest BCUT2D eigenvalue weighted by Gasteiger charge is 2.35. The summed E-state index contributed by atoms with van der Waals surface area (Å²) < 4.78 is 28.6.